The van der Waals surface area contributed by atoms with Crippen LogP contribution in [0.4, 0.5) is 4.79 Å². The Kier molecular flexibility index (Phi) is 7.16. The van der Waals surface area contributed by atoms with E-state index in [2.05, 4.69) is 5.32 Å². The van der Waals surface area contributed by atoms with Gasteiger partial charge in [0.25, 0.3) is 0 Å². The molecule has 1 aliphatic rings. The summed E-state index contributed by atoms with van der Waals surface area (Å²) in [5, 5.41) is 3.03. The molecule has 1 heterocycles. The predicted octanol–water partition coefficient (Wildman–Crippen LogP) is 4.22. The summed E-state index contributed by atoms with van der Waals surface area (Å²) in [6.07, 6.45) is 1.78. The Morgan fingerprint density at radius 2 is 1.80 bits per heavy atom. The zero-order chi connectivity index (χ0) is 22.7. The molecule has 166 valence electrons. The quantitative estimate of drug-likeness (QED) is 0.740. The second kappa shape index (κ2) is 9.06. The lowest BCUT2D eigenvalue weighted by atomic mass is 9.84. The maximum absolute atomic E-state index is 13.3. The molecule has 1 aromatic rings. The van der Waals surface area contributed by atoms with Gasteiger partial charge >= 0.3 is 12.1 Å². The van der Waals surface area contributed by atoms with E-state index >= 15 is 0 Å². The monoisotopic (exact) mass is 418 g/mol. The summed E-state index contributed by atoms with van der Waals surface area (Å²) in [6, 6.07) is 6.52. The number of likely N-dealkylation sites (tertiary alicyclic amines) is 1. The summed E-state index contributed by atoms with van der Waals surface area (Å²) in [4.78, 5) is 39.4. The number of nitrogens with one attached hydrogen (secondary N) is 1. The van der Waals surface area contributed by atoms with Crippen LogP contribution in [0.3, 0.4) is 0 Å². The van der Waals surface area contributed by atoms with Crippen molar-refractivity contribution in [3.63, 3.8) is 0 Å². The summed E-state index contributed by atoms with van der Waals surface area (Å²) in [6.45, 7) is 11.1. The van der Waals surface area contributed by atoms with Crippen LogP contribution in [-0.4, -0.2) is 47.2 Å². The number of esters is 1. The van der Waals surface area contributed by atoms with Crippen LogP contribution in [0.2, 0.25) is 0 Å². The molecule has 1 aromatic carbocycles. The number of rotatable bonds is 4. The van der Waals surface area contributed by atoms with Crippen LogP contribution in [-0.2, 0) is 14.3 Å². The Morgan fingerprint density at radius 3 is 2.33 bits per heavy atom. The minimum atomic E-state index is -1.000. The average Bonchev–Trinajstić information content (AvgIpc) is 2.65. The molecule has 0 radical (unpaired) electrons. The number of carbonyl (C=O) groups excluding carboxylic acids is 3. The Hall–Kier alpha value is -2.57. The SMILES string of the molecule is COC(=O)c1ccc([C@H](C)NC(=O)C2(C)CCCC(C)N2C(=O)OC(C)(C)C)cc1. The highest BCUT2D eigenvalue weighted by atomic mass is 16.6. The number of methoxy groups -OCH3 is 1. The van der Waals surface area contributed by atoms with E-state index in [1.807, 2.05) is 34.6 Å². The molecule has 1 saturated heterocycles. The molecule has 0 saturated carbocycles. The minimum absolute atomic E-state index is 0.0982. The smallest absolute Gasteiger partial charge is 0.411 e. The van der Waals surface area contributed by atoms with Crippen molar-refractivity contribution in [3.05, 3.63) is 35.4 Å². The van der Waals surface area contributed by atoms with Crippen molar-refractivity contribution in [1.82, 2.24) is 10.2 Å². The van der Waals surface area contributed by atoms with E-state index in [1.54, 1.807) is 36.1 Å². The summed E-state index contributed by atoms with van der Waals surface area (Å²) in [5.41, 5.74) is -0.336. The average molecular weight is 419 g/mol. The molecule has 3 atom stereocenters. The number of benzene rings is 1. The number of piperidine rings is 1. The number of hydrogen-bond acceptors (Lipinski definition) is 5. The lowest BCUT2D eigenvalue weighted by Gasteiger charge is -2.47. The molecule has 0 spiro atoms. The lowest BCUT2D eigenvalue weighted by molar-refractivity contribution is -0.137. The van der Waals surface area contributed by atoms with Crippen molar-refractivity contribution >= 4 is 18.0 Å². The summed E-state index contributed by atoms with van der Waals surface area (Å²) in [5.74, 6) is -0.626. The molecule has 0 aliphatic carbocycles. The minimum Gasteiger partial charge on any atom is -0.465 e. The van der Waals surface area contributed by atoms with E-state index in [-0.39, 0.29) is 18.0 Å². The highest BCUT2D eigenvalue weighted by Crippen LogP contribution is 2.34. The molecule has 7 heteroatoms. The lowest BCUT2D eigenvalue weighted by Crippen LogP contribution is -2.64. The molecule has 7 nitrogen and oxygen atoms in total. The topological polar surface area (TPSA) is 84.9 Å². The van der Waals surface area contributed by atoms with Crippen LogP contribution in [0.5, 0.6) is 0 Å². The van der Waals surface area contributed by atoms with Gasteiger partial charge in [-0.25, -0.2) is 9.59 Å². The van der Waals surface area contributed by atoms with Crippen molar-refractivity contribution in [2.24, 2.45) is 0 Å². The van der Waals surface area contributed by atoms with E-state index in [9.17, 15) is 14.4 Å². The first-order valence-electron chi connectivity index (χ1n) is 10.4. The predicted molar refractivity (Wildman–Crippen MR) is 114 cm³/mol. The highest BCUT2D eigenvalue weighted by Gasteiger charge is 2.48. The van der Waals surface area contributed by atoms with Crippen LogP contribution >= 0.6 is 0 Å². The van der Waals surface area contributed by atoms with Crippen molar-refractivity contribution in [3.8, 4) is 0 Å². The first-order valence-corrected chi connectivity index (χ1v) is 10.4. The first-order chi connectivity index (χ1) is 13.9. The van der Waals surface area contributed by atoms with Crippen LogP contribution in [0.15, 0.2) is 24.3 Å². The molecule has 2 rings (SSSR count). The number of ether oxygens (including phenoxy) is 2. The van der Waals surface area contributed by atoms with E-state index in [0.29, 0.717) is 12.0 Å². The summed E-state index contributed by atoms with van der Waals surface area (Å²) in [7, 11) is 1.33. The Bertz CT molecular complexity index is 784. The molecule has 2 amide bonds. The molecular weight excluding hydrogens is 384 g/mol. The molecule has 0 aromatic heterocycles. The second-order valence-electron chi connectivity index (χ2n) is 9.17. The first kappa shape index (κ1) is 23.7. The van der Waals surface area contributed by atoms with Crippen LogP contribution < -0.4 is 5.32 Å². The Balaban J connectivity index is 2.19. The van der Waals surface area contributed by atoms with Crippen molar-refractivity contribution in [2.45, 2.75) is 84.0 Å². The zero-order valence-electron chi connectivity index (χ0n) is 19.1. The van der Waals surface area contributed by atoms with E-state index in [0.717, 1.165) is 18.4 Å². The van der Waals surface area contributed by atoms with Gasteiger partial charge in [-0.2, -0.15) is 0 Å². The largest absolute Gasteiger partial charge is 0.465 e. The van der Waals surface area contributed by atoms with Crippen LogP contribution in [0, 0.1) is 0 Å². The molecule has 0 bridgehead atoms. The third kappa shape index (κ3) is 5.32. The van der Waals surface area contributed by atoms with Gasteiger partial charge in [0.1, 0.15) is 11.1 Å². The second-order valence-corrected chi connectivity index (χ2v) is 9.17. The Morgan fingerprint density at radius 1 is 1.20 bits per heavy atom. The van der Waals surface area contributed by atoms with Crippen LogP contribution in [0.1, 0.15) is 82.8 Å². The number of nitrogens with zero attached hydrogens (tertiary/aromatic N) is 1. The fourth-order valence-electron chi connectivity index (χ4n) is 3.85. The third-order valence-corrected chi connectivity index (χ3v) is 5.52. The highest BCUT2D eigenvalue weighted by molar-refractivity contribution is 5.91. The standard InChI is InChI=1S/C23H34N2O5/c1-15-9-8-14-23(6,25(15)21(28)30-22(3,4)5)20(27)24-16(2)17-10-12-18(13-11-17)19(26)29-7/h10-13,15-16H,8-9,14H2,1-7H3,(H,24,27)/t15?,16-,23?/m0/s1. The molecule has 1 aliphatic heterocycles. The van der Waals surface area contributed by atoms with Crippen molar-refractivity contribution < 1.29 is 23.9 Å². The maximum Gasteiger partial charge on any atom is 0.411 e. The molecular formula is C23H34N2O5. The van der Waals surface area contributed by atoms with E-state index in [1.165, 1.54) is 7.11 Å². The molecule has 1 fully saturated rings. The van der Waals surface area contributed by atoms with E-state index in [4.69, 9.17) is 9.47 Å². The fourth-order valence-corrected chi connectivity index (χ4v) is 3.85. The molecule has 30 heavy (non-hydrogen) atoms. The van der Waals surface area contributed by atoms with Gasteiger partial charge in [-0.05, 0) is 78.5 Å². The van der Waals surface area contributed by atoms with E-state index < -0.39 is 23.2 Å². The normalized spacial score (nSPS) is 22.8. The third-order valence-electron chi connectivity index (χ3n) is 5.52. The van der Waals surface area contributed by atoms with Gasteiger partial charge in [-0.3, -0.25) is 9.69 Å². The van der Waals surface area contributed by atoms with Gasteiger partial charge in [0.15, 0.2) is 0 Å². The van der Waals surface area contributed by atoms with Crippen molar-refractivity contribution in [1.29, 1.82) is 0 Å². The van der Waals surface area contributed by atoms with Crippen molar-refractivity contribution in [2.75, 3.05) is 7.11 Å². The maximum atomic E-state index is 13.3. The van der Waals surface area contributed by atoms with Crippen LogP contribution in [0.25, 0.3) is 0 Å². The summed E-state index contributed by atoms with van der Waals surface area (Å²) >= 11 is 0. The van der Waals surface area contributed by atoms with Gasteiger partial charge < -0.3 is 14.8 Å². The zero-order valence-corrected chi connectivity index (χ0v) is 19.1. The Labute approximate surface area is 179 Å². The number of hydrogen-bond donors (Lipinski definition) is 1. The summed E-state index contributed by atoms with van der Waals surface area (Å²) < 4.78 is 10.3. The molecule has 2 unspecified atom stereocenters. The van der Waals surface area contributed by atoms with Gasteiger partial charge in [0.05, 0.1) is 18.7 Å². The van der Waals surface area contributed by atoms with Gasteiger partial charge in [-0.15, -0.1) is 0 Å². The number of amides is 2. The van der Waals surface area contributed by atoms with Gasteiger partial charge in [0.2, 0.25) is 5.91 Å². The number of carbonyl (C=O) groups is 3. The molecule has 1 N–H and O–H groups in total. The van der Waals surface area contributed by atoms with Gasteiger partial charge in [0, 0.05) is 6.04 Å². The van der Waals surface area contributed by atoms with Gasteiger partial charge in [-0.1, -0.05) is 12.1 Å². The fraction of sp³-hybridized carbons (Fsp3) is 0.609.